The minimum absolute atomic E-state index is 0.0803. The zero-order valence-corrected chi connectivity index (χ0v) is 24.7. The van der Waals surface area contributed by atoms with Gasteiger partial charge in [0.15, 0.2) is 23.2 Å². The number of aromatic nitrogens is 1. The van der Waals surface area contributed by atoms with Crippen LogP contribution in [-0.2, 0) is 39.8 Å². The highest BCUT2D eigenvalue weighted by atomic mass is 16.7. The van der Waals surface area contributed by atoms with Crippen LogP contribution in [0.2, 0.25) is 0 Å². The zero-order valence-electron chi connectivity index (χ0n) is 24.7. The van der Waals surface area contributed by atoms with Crippen molar-refractivity contribution >= 4 is 23.8 Å². The van der Waals surface area contributed by atoms with Crippen LogP contribution in [-0.4, -0.2) is 74.2 Å². The van der Waals surface area contributed by atoms with Gasteiger partial charge in [-0.1, -0.05) is 43.7 Å². The number of nitrogens with one attached hydrogen (secondary N) is 1. The number of benzene rings is 1. The van der Waals surface area contributed by atoms with E-state index in [-0.39, 0.29) is 42.2 Å². The number of esters is 3. The molecule has 12 nitrogen and oxygen atoms in total. The van der Waals surface area contributed by atoms with Crippen molar-refractivity contribution < 1.29 is 47.6 Å². The molecule has 1 aromatic heterocycles. The first-order valence-electron chi connectivity index (χ1n) is 13.6. The molecule has 1 N–H and O–H groups in total. The minimum atomic E-state index is -1.21. The highest BCUT2D eigenvalue weighted by molar-refractivity contribution is 5.98. The number of carbonyl (C=O) groups excluding carboxylic acids is 4. The highest BCUT2D eigenvalue weighted by Crippen LogP contribution is 2.30. The fraction of sp³-hybridized carbons (Fsp3) is 0.500. The molecule has 12 heteroatoms. The molecular formula is C30H38N2O10. The molecule has 3 rings (SSSR count). The number of aryl methyl sites for hydroxylation is 1. The number of methoxy groups -OCH3 is 1. The van der Waals surface area contributed by atoms with Crippen LogP contribution in [0.5, 0.6) is 11.5 Å². The molecule has 1 amide bonds. The number of nitrogens with zero attached hydrogens (tertiary/aromatic N) is 1. The van der Waals surface area contributed by atoms with Crippen molar-refractivity contribution in [2.75, 3.05) is 27.1 Å². The molecule has 1 aromatic carbocycles. The molecule has 228 valence electrons. The van der Waals surface area contributed by atoms with Crippen LogP contribution in [0.15, 0.2) is 36.5 Å². The van der Waals surface area contributed by atoms with Crippen LogP contribution in [0.1, 0.15) is 49.3 Å². The van der Waals surface area contributed by atoms with Crippen molar-refractivity contribution in [3.63, 3.8) is 0 Å². The number of rotatable bonds is 10. The van der Waals surface area contributed by atoms with E-state index in [0.717, 1.165) is 11.1 Å². The van der Waals surface area contributed by atoms with Crippen LogP contribution in [0.3, 0.4) is 0 Å². The Morgan fingerprint density at radius 3 is 2.48 bits per heavy atom. The summed E-state index contributed by atoms with van der Waals surface area (Å²) in [5.41, 5.74) is 1.91. The summed E-state index contributed by atoms with van der Waals surface area (Å²) < 4.78 is 33.0. The topological polar surface area (TPSA) is 149 Å². The van der Waals surface area contributed by atoms with Crippen molar-refractivity contribution in [2.24, 2.45) is 11.8 Å². The summed E-state index contributed by atoms with van der Waals surface area (Å²) in [6.07, 6.45) is 0.206. The van der Waals surface area contributed by atoms with E-state index >= 15 is 0 Å². The Morgan fingerprint density at radius 2 is 1.83 bits per heavy atom. The maximum atomic E-state index is 13.3. The van der Waals surface area contributed by atoms with E-state index in [2.05, 4.69) is 10.3 Å². The molecule has 1 fully saturated rings. The fourth-order valence-corrected chi connectivity index (χ4v) is 4.27. The number of ether oxygens (including phenoxy) is 6. The molecule has 0 radical (unpaired) electrons. The van der Waals surface area contributed by atoms with Crippen molar-refractivity contribution in [1.82, 2.24) is 10.3 Å². The highest BCUT2D eigenvalue weighted by Gasteiger charge is 2.38. The summed E-state index contributed by atoms with van der Waals surface area (Å²) >= 11 is 0. The summed E-state index contributed by atoms with van der Waals surface area (Å²) in [7, 11) is 1.37. The summed E-state index contributed by atoms with van der Waals surface area (Å²) in [6.45, 7) is 7.73. The average Bonchev–Trinajstić information content (AvgIpc) is 2.99. The van der Waals surface area contributed by atoms with Crippen molar-refractivity contribution in [1.29, 1.82) is 0 Å². The van der Waals surface area contributed by atoms with E-state index in [9.17, 15) is 19.2 Å². The van der Waals surface area contributed by atoms with Gasteiger partial charge in [0.2, 0.25) is 6.79 Å². The van der Waals surface area contributed by atoms with Gasteiger partial charge in [-0.2, -0.15) is 0 Å². The van der Waals surface area contributed by atoms with Gasteiger partial charge in [0.05, 0.1) is 26.2 Å². The summed E-state index contributed by atoms with van der Waals surface area (Å²) in [6, 6.07) is 8.22. The Bertz CT molecular complexity index is 1250. The SMILES string of the molecule is COc1ccnc(C(=O)NC2COCC(Cc3ccc(C)cc3)C(OC(=O)C(C)C)C(C)OC2=O)c1OCOC(C)=O. The maximum absolute atomic E-state index is 13.3. The number of amides is 1. The minimum Gasteiger partial charge on any atom is -0.493 e. The number of pyridine rings is 1. The third-order valence-electron chi connectivity index (χ3n) is 6.55. The third-order valence-corrected chi connectivity index (χ3v) is 6.55. The Hall–Kier alpha value is -4.19. The van der Waals surface area contributed by atoms with E-state index in [1.165, 1.54) is 26.3 Å². The first kappa shape index (κ1) is 32.3. The Morgan fingerprint density at radius 1 is 1.12 bits per heavy atom. The largest absolute Gasteiger partial charge is 0.493 e. The molecule has 2 heterocycles. The molecular weight excluding hydrogens is 548 g/mol. The van der Waals surface area contributed by atoms with Crippen LogP contribution >= 0.6 is 0 Å². The van der Waals surface area contributed by atoms with Crippen LogP contribution in [0.4, 0.5) is 0 Å². The normalized spacial score (nSPS) is 20.8. The van der Waals surface area contributed by atoms with E-state index in [4.69, 9.17) is 28.4 Å². The van der Waals surface area contributed by atoms with Crippen molar-refractivity contribution in [2.45, 2.75) is 59.3 Å². The van der Waals surface area contributed by atoms with Gasteiger partial charge in [0.25, 0.3) is 5.91 Å². The number of cyclic esters (lactones) is 1. The molecule has 0 aliphatic carbocycles. The van der Waals surface area contributed by atoms with Gasteiger partial charge >= 0.3 is 17.9 Å². The zero-order chi connectivity index (χ0) is 30.8. The van der Waals surface area contributed by atoms with Crippen molar-refractivity contribution in [3.8, 4) is 11.5 Å². The maximum Gasteiger partial charge on any atom is 0.331 e. The van der Waals surface area contributed by atoms with Crippen LogP contribution < -0.4 is 14.8 Å². The molecule has 0 bridgehead atoms. The monoisotopic (exact) mass is 586 g/mol. The Balaban J connectivity index is 1.82. The van der Waals surface area contributed by atoms with E-state index in [0.29, 0.717) is 6.42 Å². The standard InChI is InChI=1S/C30H38N2O10/c1-17(2)29(35)42-26-19(4)41-30(36)23(15-38-14-22(26)13-21-9-7-18(3)8-10-21)32-28(34)25-27(40-16-39-20(5)33)24(37-6)11-12-31-25/h7-12,17,19,22-23,26H,13-16H2,1-6H3,(H,32,34). The van der Waals surface area contributed by atoms with Gasteiger partial charge in [-0.3, -0.25) is 14.4 Å². The number of hydrogen-bond acceptors (Lipinski definition) is 11. The molecule has 0 saturated carbocycles. The van der Waals surface area contributed by atoms with E-state index in [1.807, 2.05) is 31.2 Å². The lowest BCUT2D eigenvalue weighted by atomic mass is 9.91. The summed E-state index contributed by atoms with van der Waals surface area (Å²) in [4.78, 5) is 54.3. The van der Waals surface area contributed by atoms with E-state index in [1.54, 1.807) is 20.8 Å². The summed E-state index contributed by atoms with van der Waals surface area (Å²) in [5, 5.41) is 2.58. The smallest absolute Gasteiger partial charge is 0.331 e. The van der Waals surface area contributed by atoms with Gasteiger partial charge in [0, 0.05) is 25.1 Å². The number of carbonyl (C=O) groups is 4. The molecule has 0 spiro atoms. The lowest BCUT2D eigenvalue weighted by molar-refractivity contribution is -0.173. The van der Waals surface area contributed by atoms with Gasteiger partial charge < -0.3 is 33.7 Å². The first-order valence-corrected chi connectivity index (χ1v) is 13.6. The quantitative estimate of drug-likeness (QED) is 0.249. The molecule has 42 heavy (non-hydrogen) atoms. The second-order valence-corrected chi connectivity index (χ2v) is 10.3. The van der Waals surface area contributed by atoms with Crippen molar-refractivity contribution in [3.05, 3.63) is 53.3 Å². The fourth-order valence-electron chi connectivity index (χ4n) is 4.27. The molecule has 4 atom stereocenters. The molecule has 1 aliphatic heterocycles. The predicted octanol–water partition coefficient (Wildman–Crippen LogP) is 2.79. The lowest BCUT2D eigenvalue weighted by Gasteiger charge is -2.31. The Labute approximate surface area is 245 Å². The number of hydrogen-bond donors (Lipinski definition) is 1. The van der Waals surface area contributed by atoms with Gasteiger partial charge in [0.1, 0.15) is 12.2 Å². The molecule has 1 saturated heterocycles. The molecule has 1 aliphatic rings. The van der Waals surface area contributed by atoms with Crippen LogP contribution in [0.25, 0.3) is 0 Å². The second-order valence-electron chi connectivity index (χ2n) is 10.3. The van der Waals surface area contributed by atoms with Gasteiger partial charge in [-0.25, -0.2) is 9.78 Å². The predicted molar refractivity (Wildman–Crippen MR) is 149 cm³/mol. The summed E-state index contributed by atoms with van der Waals surface area (Å²) in [5.74, 6) is -3.20. The molecule has 2 aromatic rings. The first-order chi connectivity index (χ1) is 20.0. The second kappa shape index (κ2) is 15.2. The van der Waals surface area contributed by atoms with Gasteiger partial charge in [-0.15, -0.1) is 0 Å². The Kier molecular flexibility index (Phi) is 11.7. The third kappa shape index (κ3) is 8.90. The lowest BCUT2D eigenvalue weighted by Crippen LogP contribution is -2.47. The average molecular weight is 587 g/mol. The van der Waals surface area contributed by atoms with Gasteiger partial charge in [-0.05, 0) is 25.8 Å². The molecule has 4 unspecified atom stereocenters. The van der Waals surface area contributed by atoms with E-state index < -0.39 is 48.9 Å². The van der Waals surface area contributed by atoms with Crippen LogP contribution in [0, 0.1) is 18.8 Å².